The van der Waals surface area contributed by atoms with Gasteiger partial charge in [0.2, 0.25) is 5.91 Å². The second kappa shape index (κ2) is 7.21. The van der Waals surface area contributed by atoms with Gasteiger partial charge in [-0.15, -0.1) is 11.3 Å². The van der Waals surface area contributed by atoms with E-state index >= 15 is 0 Å². The highest BCUT2D eigenvalue weighted by molar-refractivity contribution is 7.14. The zero-order valence-electron chi connectivity index (χ0n) is 13.8. The summed E-state index contributed by atoms with van der Waals surface area (Å²) in [5.74, 6) is 0.889. The Labute approximate surface area is 150 Å². The van der Waals surface area contributed by atoms with Gasteiger partial charge in [0.25, 0.3) is 0 Å². The number of hydrogen-bond acceptors (Lipinski definition) is 5. The van der Waals surface area contributed by atoms with Gasteiger partial charge in [0.15, 0.2) is 10.8 Å². The Morgan fingerprint density at radius 2 is 2.20 bits per heavy atom. The van der Waals surface area contributed by atoms with Gasteiger partial charge in [-0.3, -0.25) is 4.79 Å². The molecule has 0 atom stereocenters. The summed E-state index contributed by atoms with van der Waals surface area (Å²) in [7, 11) is 0. The van der Waals surface area contributed by atoms with Crippen LogP contribution in [0.5, 0.6) is 0 Å². The number of aryl methyl sites for hydroxylation is 1. The number of benzene rings is 1. The van der Waals surface area contributed by atoms with E-state index in [4.69, 9.17) is 4.42 Å². The number of aromatic nitrogens is 1. The number of hydrogen-bond donors (Lipinski definition) is 1. The number of furan rings is 1. The molecule has 3 aromatic rings. The van der Waals surface area contributed by atoms with E-state index in [0.29, 0.717) is 13.1 Å². The van der Waals surface area contributed by atoms with Crippen molar-refractivity contribution < 1.29 is 9.21 Å². The van der Waals surface area contributed by atoms with Crippen molar-refractivity contribution in [2.75, 3.05) is 18.0 Å². The van der Waals surface area contributed by atoms with Gasteiger partial charge >= 0.3 is 0 Å². The van der Waals surface area contributed by atoms with Crippen LogP contribution in [0.3, 0.4) is 0 Å². The van der Waals surface area contributed by atoms with Gasteiger partial charge in [0, 0.05) is 29.9 Å². The average molecular weight is 353 g/mol. The maximum absolute atomic E-state index is 12.6. The fourth-order valence-corrected chi connectivity index (χ4v) is 3.93. The first kappa shape index (κ1) is 16.1. The number of thiazole rings is 1. The summed E-state index contributed by atoms with van der Waals surface area (Å²) in [5, 5.41) is 4.10. The van der Waals surface area contributed by atoms with Crippen molar-refractivity contribution >= 4 is 22.9 Å². The first-order chi connectivity index (χ1) is 12.3. The van der Waals surface area contributed by atoms with E-state index in [-0.39, 0.29) is 5.91 Å². The summed E-state index contributed by atoms with van der Waals surface area (Å²) in [6.45, 7) is 1.74. The molecule has 1 N–H and O–H groups in total. The third kappa shape index (κ3) is 3.50. The predicted octanol–water partition coefficient (Wildman–Crippen LogP) is 3.47. The van der Waals surface area contributed by atoms with E-state index in [2.05, 4.69) is 16.4 Å². The van der Waals surface area contributed by atoms with Crippen molar-refractivity contribution in [3.63, 3.8) is 0 Å². The van der Waals surface area contributed by atoms with Crippen LogP contribution in [0.4, 0.5) is 5.69 Å². The van der Waals surface area contributed by atoms with Crippen LogP contribution < -0.4 is 10.2 Å². The van der Waals surface area contributed by atoms with E-state index in [0.717, 1.165) is 40.7 Å². The molecule has 0 radical (unpaired) electrons. The molecule has 0 aliphatic carbocycles. The Balaban J connectivity index is 1.34. The van der Waals surface area contributed by atoms with Crippen molar-refractivity contribution in [2.45, 2.75) is 19.4 Å². The maximum Gasteiger partial charge on any atom is 0.240 e. The second-order valence-corrected chi connectivity index (χ2v) is 7.11. The van der Waals surface area contributed by atoms with E-state index in [1.807, 2.05) is 41.4 Å². The molecule has 6 heteroatoms. The highest BCUT2D eigenvalue weighted by Gasteiger charge is 2.21. The normalized spacial score (nSPS) is 13.7. The van der Waals surface area contributed by atoms with Crippen molar-refractivity contribution in [3.05, 3.63) is 59.3 Å². The second-order valence-electron chi connectivity index (χ2n) is 5.99. The van der Waals surface area contributed by atoms with Crippen LogP contribution in [0, 0.1) is 0 Å². The lowest BCUT2D eigenvalue weighted by molar-refractivity contribution is -0.117. The molecule has 1 amide bonds. The Morgan fingerprint density at radius 3 is 3.08 bits per heavy atom. The summed E-state index contributed by atoms with van der Waals surface area (Å²) in [4.78, 5) is 19.9. The zero-order valence-corrected chi connectivity index (χ0v) is 14.6. The van der Waals surface area contributed by atoms with Gasteiger partial charge in [0.05, 0.1) is 12.8 Å². The maximum atomic E-state index is 12.6. The lowest BCUT2D eigenvalue weighted by Gasteiger charge is -2.29. The molecule has 0 saturated carbocycles. The van der Waals surface area contributed by atoms with Gasteiger partial charge in [-0.1, -0.05) is 18.2 Å². The minimum Gasteiger partial charge on any atom is -0.462 e. The lowest BCUT2D eigenvalue weighted by atomic mass is 10.0. The summed E-state index contributed by atoms with van der Waals surface area (Å²) >= 11 is 1.57. The molecule has 5 nitrogen and oxygen atoms in total. The zero-order chi connectivity index (χ0) is 17.1. The lowest BCUT2D eigenvalue weighted by Crippen LogP contribution is -2.40. The van der Waals surface area contributed by atoms with Gasteiger partial charge in [-0.2, -0.15) is 0 Å². The quantitative estimate of drug-likeness (QED) is 0.763. The molecular weight excluding hydrogens is 334 g/mol. The largest absolute Gasteiger partial charge is 0.462 e. The predicted molar refractivity (Wildman–Crippen MR) is 98.6 cm³/mol. The van der Waals surface area contributed by atoms with Crippen LogP contribution in [-0.2, 0) is 17.8 Å². The third-order valence-corrected chi connectivity index (χ3v) is 5.28. The van der Waals surface area contributed by atoms with Crippen LogP contribution >= 0.6 is 11.3 Å². The highest BCUT2D eigenvalue weighted by atomic mass is 32.1. The Morgan fingerprint density at radius 1 is 1.28 bits per heavy atom. The number of para-hydroxylation sites is 1. The summed E-state index contributed by atoms with van der Waals surface area (Å²) in [6.07, 6.45) is 5.54. The molecule has 0 spiro atoms. The Hall–Kier alpha value is -2.44. The highest BCUT2D eigenvalue weighted by Crippen LogP contribution is 2.27. The van der Waals surface area contributed by atoms with Crippen LogP contribution in [0.25, 0.3) is 10.8 Å². The molecule has 4 rings (SSSR count). The smallest absolute Gasteiger partial charge is 0.240 e. The molecule has 2 aromatic heterocycles. The van der Waals surface area contributed by atoms with Crippen molar-refractivity contribution in [3.8, 4) is 10.8 Å². The van der Waals surface area contributed by atoms with Gasteiger partial charge in [-0.25, -0.2) is 4.98 Å². The first-order valence-corrected chi connectivity index (χ1v) is 9.20. The molecule has 0 fully saturated rings. The minimum absolute atomic E-state index is 0.114. The molecule has 1 aliphatic rings. The molecule has 0 saturated heterocycles. The Bertz CT molecular complexity index is 857. The number of rotatable bonds is 5. The standard InChI is InChI=1S/C19H19N3O2S/c23-18(22-9-3-6-14-5-1-2-7-16(14)22)13-20-11-15-12-21-19(25-15)17-8-4-10-24-17/h1-2,4-5,7-8,10,12,20H,3,6,9,11,13H2. The number of carbonyl (C=O) groups excluding carboxylic acids is 1. The Kier molecular flexibility index (Phi) is 4.63. The topological polar surface area (TPSA) is 58.4 Å². The van der Waals surface area contributed by atoms with Crippen LogP contribution in [0.2, 0.25) is 0 Å². The minimum atomic E-state index is 0.114. The van der Waals surface area contributed by atoms with Crippen molar-refractivity contribution in [2.24, 2.45) is 0 Å². The van der Waals surface area contributed by atoms with Gasteiger partial charge < -0.3 is 14.6 Å². The number of carbonyl (C=O) groups is 1. The fraction of sp³-hybridized carbons (Fsp3) is 0.263. The van der Waals surface area contributed by atoms with Gasteiger partial charge in [-0.05, 0) is 36.6 Å². The van der Waals surface area contributed by atoms with E-state index in [1.165, 1.54) is 5.56 Å². The summed E-state index contributed by atoms with van der Waals surface area (Å²) < 4.78 is 5.35. The number of fused-ring (bicyclic) bond motifs is 1. The van der Waals surface area contributed by atoms with Crippen LogP contribution in [-0.4, -0.2) is 24.0 Å². The van der Waals surface area contributed by atoms with Crippen molar-refractivity contribution in [1.29, 1.82) is 0 Å². The van der Waals surface area contributed by atoms with Crippen LogP contribution in [0.1, 0.15) is 16.9 Å². The van der Waals surface area contributed by atoms with Crippen molar-refractivity contribution in [1.82, 2.24) is 10.3 Å². The summed E-state index contributed by atoms with van der Waals surface area (Å²) in [6, 6.07) is 11.9. The number of amides is 1. The first-order valence-electron chi connectivity index (χ1n) is 8.39. The molecular formula is C19H19N3O2S. The molecule has 128 valence electrons. The molecule has 1 aromatic carbocycles. The monoisotopic (exact) mass is 353 g/mol. The van der Waals surface area contributed by atoms with E-state index in [9.17, 15) is 4.79 Å². The fourth-order valence-electron chi connectivity index (χ4n) is 3.08. The molecule has 25 heavy (non-hydrogen) atoms. The number of nitrogens with zero attached hydrogens (tertiary/aromatic N) is 2. The average Bonchev–Trinajstić information content (AvgIpc) is 3.32. The number of anilines is 1. The molecule has 1 aliphatic heterocycles. The van der Waals surface area contributed by atoms with E-state index in [1.54, 1.807) is 17.6 Å². The van der Waals surface area contributed by atoms with Crippen LogP contribution in [0.15, 0.2) is 53.3 Å². The molecule has 0 bridgehead atoms. The summed E-state index contributed by atoms with van der Waals surface area (Å²) in [5.41, 5.74) is 2.31. The van der Waals surface area contributed by atoms with Gasteiger partial charge in [0.1, 0.15) is 0 Å². The third-order valence-electron chi connectivity index (χ3n) is 4.27. The molecule has 3 heterocycles. The molecule has 0 unspecified atom stereocenters. The number of nitrogens with one attached hydrogen (secondary N) is 1. The van der Waals surface area contributed by atoms with E-state index < -0.39 is 0 Å². The SMILES string of the molecule is O=C(CNCc1cnc(-c2ccco2)s1)N1CCCc2ccccc21.